The molecule has 1 heterocycles. The van der Waals surface area contributed by atoms with Gasteiger partial charge in [-0.25, -0.2) is 0 Å². The molecule has 2 nitrogen and oxygen atoms in total. The molecule has 0 atom stereocenters. The first-order valence-electron chi connectivity index (χ1n) is 4.22. The summed E-state index contributed by atoms with van der Waals surface area (Å²) in [6, 6.07) is 0. The first-order valence-corrected chi connectivity index (χ1v) is 4.22. The highest BCUT2D eigenvalue weighted by Gasteiger charge is 2.48. The average molecular weight is 156 g/mol. The second-order valence-corrected chi connectivity index (χ2v) is 4.66. The molecule has 1 aliphatic heterocycles. The van der Waals surface area contributed by atoms with E-state index in [4.69, 9.17) is 0 Å². The first-order chi connectivity index (χ1) is 4.80. The van der Waals surface area contributed by atoms with E-state index in [1.165, 1.54) is 0 Å². The van der Waals surface area contributed by atoms with Crippen molar-refractivity contribution in [3.63, 3.8) is 0 Å². The molecule has 0 aromatic carbocycles. The van der Waals surface area contributed by atoms with Crippen LogP contribution in [0, 0.1) is 0 Å². The topological polar surface area (TPSA) is 6.48 Å². The van der Waals surface area contributed by atoms with Crippen LogP contribution in [-0.2, 0) is 0 Å². The molecule has 0 unspecified atom stereocenters. The molecule has 1 rings (SSSR count). The minimum atomic E-state index is 0.280. The third kappa shape index (κ3) is 1.00. The van der Waals surface area contributed by atoms with Crippen LogP contribution in [0.1, 0.15) is 27.7 Å². The highest BCUT2D eigenvalue weighted by molar-refractivity contribution is 5.05. The fourth-order valence-electron chi connectivity index (χ4n) is 1.61. The number of nitrogens with zero attached hydrogens (tertiary/aromatic N) is 2. The normalized spacial score (nSPS) is 31.1. The molecule has 0 N–H and O–H groups in total. The Hall–Kier alpha value is -0.0800. The molecular formula is C9H20N2. The van der Waals surface area contributed by atoms with Gasteiger partial charge in [-0.05, 0) is 41.8 Å². The van der Waals surface area contributed by atoms with Gasteiger partial charge in [-0.15, -0.1) is 0 Å². The minimum Gasteiger partial charge on any atom is -0.287 e. The SMILES string of the molecule is CN1CN(C)C(C)(C)C1(C)C. The summed E-state index contributed by atoms with van der Waals surface area (Å²) < 4.78 is 0. The lowest BCUT2D eigenvalue weighted by molar-refractivity contribution is 0.134. The van der Waals surface area contributed by atoms with Gasteiger partial charge in [0, 0.05) is 11.1 Å². The van der Waals surface area contributed by atoms with Gasteiger partial charge in [0.25, 0.3) is 0 Å². The van der Waals surface area contributed by atoms with Crippen molar-refractivity contribution >= 4 is 0 Å². The molecule has 0 bridgehead atoms. The van der Waals surface area contributed by atoms with Gasteiger partial charge in [-0.2, -0.15) is 0 Å². The van der Waals surface area contributed by atoms with Crippen molar-refractivity contribution in [3.8, 4) is 0 Å². The molecule has 11 heavy (non-hydrogen) atoms. The van der Waals surface area contributed by atoms with Crippen LogP contribution in [0.5, 0.6) is 0 Å². The molecule has 0 saturated carbocycles. The van der Waals surface area contributed by atoms with Crippen LogP contribution in [-0.4, -0.2) is 41.6 Å². The minimum absolute atomic E-state index is 0.280. The zero-order chi connectivity index (χ0) is 8.86. The maximum absolute atomic E-state index is 2.40. The molecule has 2 heteroatoms. The number of likely N-dealkylation sites (N-methyl/N-ethyl adjacent to an activating group) is 2. The largest absolute Gasteiger partial charge is 0.287 e. The summed E-state index contributed by atoms with van der Waals surface area (Å²) >= 11 is 0. The quantitative estimate of drug-likeness (QED) is 0.523. The lowest BCUT2D eigenvalue weighted by Crippen LogP contribution is -2.52. The summed E-state index contributed by atoms with van der Waals surface area (Å²) in [5.74, 6) is 0. The Bertz CT molecular complexity index is 143. The van der Waals surface area contributed by atoms with Gasteiger partial charge in [0.1, 0.15) is 0 Å². The zero-order valence-electron chi connectivity index (χ0n) is 8.60. The van der Waals surface area contributed by atoms with Crippen LogP contribution in [0.4, 0.5) is 0 Å². The molecule has 0 radical (unpaired) electrons. The van der Waals surface area contributed by atoms with Crippen LogP contribution in [0.3, 0.4) is 0 Å². The lowest BCUT2D eigenvalue weighted by Gasteiger charge is -2.40. The highest BCUT2D eigenvalue weighted by atomic mass is 15.4. The van der Waals surface area contributed by atoms with Gasteiger partial charge in [0.15, 0.2) is 0 Å². The highest BCUT2D eigenvalue weighted by Crippen LogP contribution is 2.37. The van der Waals surface area contributed by atoms with E-state index in [2.05, 4.69) is 51.6 Å². The maximum atomic E-state index is 2.40. The zero-order valence-corrected chi connectivity index (χ0v) is 8.60. The summed E-state index contributed by atoms with van der Waals surface area (Å²) in [7, 11) is 4.37. The molecule has 0 aliphatic carbocycles. The Balaban J connectivity index is 2.95. The second kappa shape index (κ2) is 2.20. The third-order valence-corrected chi connectivity index (χ3v) is 3.83. The molecule has 1 saturated heterocycles. The molecule has 0 aromatic heterocycles. The smallest absolute Gasteiger partial charge is 0.0511 e. The monoisotopic (exact) mass is 156 g/mol. The summed E-state index contributed by atoms with van der Waals surface area (Å²) in [6.07, 6.45) is 0. The van der Waals surface area contributed by atoms with Crippen LogP contribution >= 0.6 is 0 Å². The molecule has 0 spiro atoms. The molecule has 1 fully saturated rings. The summed E-state index contributed by atoms with van der Waals surface area (Å²) in [6.45, 7) is 10.3. The molecule has 0 amide bonds. The standard InChI is InChI=1S/C9H20N2/c1-8(2)9(3,4)11(6)7-10(8)5/h7H2,1-6H3. The fourth-order valence-corrected chi connectivity index (χ4v) is 1.61. The van der Waals surface area contributed by atoms with Crippen LogP contribution in [0.25, 0.3) is 0 Å². The number of rotatable bonds is 0. The van der Waals surface area contributed by atoms with E-state index in [0.29, 0.717) is 0 Å². The Morgan fingerprint density at radius 1 is 0.818 bits per heavy atom. The van der Waals surface area contributed by atoms with Crippen molar-refractivity contribution in [1.82, 2.24) is 9.80 Å². The molecule has 66 valence electrons. The summed E-state index contributed by atoms with van der Waals surface area (Å²) in [5.41, 5.74) is 0.559. The predicted molar refractivity (Wildman–Crippen MR) is 48.6 cm³/mol. The molecular weight excluding hydrogens is 136 g/mol. The van der Waals surface area contributed by atoms with Gasteiger partial charge in [0.05, 0.1) is 6.67 Å². The van der Waals surface area contributed by atoms with Gasteiger partial charge < -0.3 is 0 Å². The van der Waals surface area contributed by atoms with E-state index in [-0.39, 0.29) is 11.1 Å². The van der Waals surface area contributed by atoms with Crippen LogP contribution in [0.15, 0.2) is 0 Å². The fraction of sp³-hybridized carbons (Fsp3) is 1.00. The van der Waals surface area contributed by atoms with Crippen LogP contribution < -0.4 is 0 Å². The van der Waals surface area contributed by atoms with Gasteiger partial charge >= 0.3 is 0 Å². The van der Waals surface area contributed by atoms with E-state index in [1.807, 2.05) is 0 Å². The van der Waals surface area contributed by atoms with E-state index in [1.54, 1.807) is 0 Å². The maximum Gasteiger partial charge on any atom is 0.0511 e. The third-order valence-electron chi connectivity index (χ3n) is 3.83. The first kappa shape index (κ1) is 9.01. The van der Waals surface area contributed by atoms with Crippen molar-refractivity contribution in [2.75, 3.05) is 20.8 Å². The average Bonchev–Trinajstić information content (AvgIpc) is 1.95. The van der Waals surface area contributed by atoms with Gasteiger partial charge in [0.2, 0.25) is 0 Å². The van der Waals surface area contributed by atoms with Crippen molar-refractivity contribution in [2.45, 2.75) is 38.8 Å². The molecule has 0 aromatic rings. The van der Waals surface area contributed by atoms with Crippen molar-refractivity contribution in [1.29, 1.82) is 0 Å². The number of hydrogen-bond acceptors (Lipinski definition) is 2. The Morgan fingerprint density at radius 3 is 1.18 bits per heavy atom. The van der Waals surface area contributed by atoms with E-state index in [0.717, 1.165) is 6.67 Å². The summed E-state index contributed by atoms with van der Waals surface area (Å²) in [5, 5.41) is 0. The van der Waals surface area contributed by atoms with Crippen molar-refractivity contribution < 1.29 is 0 Å². The van der Waals surface area contributed by atoms with Crippen molar-refractivity contribution in [2.24, 2.45) is 0 Å². The Kier molecular flexibility index (Phi) is 1.81. The number of hydrogen-bond donors (Lipinski definition) is 0. The lowest BCUT2D eigenvalue weighted by atomic mass is 9.83. The Labute approximate surface area is 70.2 Å². The van der Waals surface area contributed by atoms with Gasteiger partial charge in [-0.1, -0.05) is 0 Å². The van der Waals surface area contributed by atoms with E-state index >= 15 is 0 Å². The van der Waals surface area contributed by atoms with E-state index < -0.39 is 0 Å². The van der Waals surface area contributed by atoms with Crippen LogP contribution in [0.2, 0.25) is 0 Å². The second-order valence-electron chi connectivity index (χ2n) is 4.66. The van der Waals surface area contributed by atoms with E-state index in [9.17, 15) is 0 Å². The predicted octanol–water partition coefficient (Wildman–Crippen LogP) is 1.38. The summed E-state index contributed by atoms with van der Waals surface area (Å²) in [4.78, 5) is 4.79. The Morgan fingerprint density at radius 2 is 1.09 bits per heavy atom. The van der Waals surface area contributed by atoms with Gasteiger partial charge in [-0.3, -0.25) is 9.80 Å². The molecule has 1 aliphatic rings. The van der Waals surface area contributed by atoms with Crippen molar-refractivity contribution in [3.05, 3.63) is 0 Å².